The second-order valence-corrected chi connectivity index (χ2v) is 9.97. The van der Waals surface area contributed by atoms with Gasteiger partial charge in [-0.3, -0.25) is 0 Å². The number of benzene rings is 2. The molecule has 0 amide bonds. The van der Waals surface area contributed by atoms with E-state index >= 15 is 0 Å². The highest BCUT2D eigenvalue weighted by molar-refractivity contribution is 7.54. The Labute approximate surface area is 177 Å². The van der Waals surface area contributed by atoms with Gasteiger partial charge in [0, 0.05) is 5.39 Å². The van der Waals surface area contributed by atoms with E-state index in [9.17, 15) is 4.57 Å². The van der Waals surface area contributed by atoms with Gasteiger partial charge in [0.25, 0.3) is 0 Å². The van der Waals surface area contributed by atoms with E-state index in [0.29, 0.717) is 18.5 Å². The lowest BCUT2D eigenvalue weighted by atomic mass is 10.1. The summed E-state index contributed by atoms with van der Waals surface area (Å²) in [4.78, 5) is 0. The van der Waals surface area contributed by atoms with E-state index < -0.39 is 7.60 Å². The smallest absolute Gasteiger partial charge is 0.379 e. The van der Waals surface area contributed by atoms with Crippen molar-refractivity contribution in [3.05, 3.63) is 42.5 Å². The zero-order chi connectivity index (χ0) is 20.8. The molecule has 0 saturated carbocycles. The van der Waals surface area contributed by atoms with Crippen molar-refractivity contribution in [2.75, 3.05) is 12.8 Å². The molecule has 4 heteroatoms. The van der Waals surface area contributed by atoms with E-state index in [2.05, 4.69) is 6.92 Å². The van der Waals surface area contributed by atoms with E-state index in [1.165, 1.54) is 57.8 Å². The molecule has 1 unspecified atom stereocenters. The summed E-state index contributed by atoms with van der Waals surface area (Å²) in [5.74, 6) is 0.656. The Morgan fingerprint density at radius 2 is 1.31 bits per heavy atom. The summed E-state index contributed by atoms with van der Waals surface area (Å²) in [5, 5.41) is 2.07. The minimum absolute atomic E-state index is 0.403. The van der Waals surface area contributed by atoms with Crippen LogP contribution in [0.2, 0.25) is 0 Å². The number of unbranched alkanes of at least 4 members (excludes halogenated alkanes) is 10. The summed E-state index contributed by atoms with van der Waals surface area (Å²) < 4.78 is 24.8. The van der Waals surface area contributed by atoms with Gasteiger partial charge in [-0.05, 0) is 24.8 Å². The van der Waals surface area contributed by atoms with Gasteiger partial charge in [0.05, 0.1) is 12.8 Å². The SMILES string of the molecule is CCCCCCCCCCCCCP(=O)(OCC)Oc1cccc2ccccc12. The highest BCUT2D eigenvalue weighted by Crippen LogP contribution is 2.50. The molecule has 0 N–H and O–H groups in total. The maximum absolute atomic E-state index is 13.2. The Morgan fingerprint density at radius 3 is 1.97 bits per heavy atom. The number of hydrogen-bond donors (Lipinski definition) is 0. The first-order chi connectivity index (χ1) is 14.2. The minimum Gasteiger partial charge on any atom is -0.424 e. The largest absolute Gasteiger partial charge is 0.424 e. The van der Waals surface area contributed by atoms with E-state index in [4.69, 9.17) is 9.05 Å². The van der Waals surface area contributed by atoms with E-state index in [1.807, 2.05) is 49.4 Å². The Bertz CT molecular complexity index is 738. The molecule has 0 heterocycles. The van der Waals surface area contributed by atoms with Gasteiger partial charge in [-0.25, -0.2) is 4.57 Å². The maximum Gasteiger partial charge on any atom is 0.379 e. The van der Waals surface area contributed by atoms with Gasteiger partial charge in [-0.1, -0.05) is 108 Å². The molecule has 29 heavy (non-hydrogen) atoms. The Morgan fingerprint density at radius 1 is 0.724 bits per heavy atom. The molecule has 0 radical (unpaired) electrons. The minimum atomic E-state index is -3.12. The van der Waals surface area contributed by atoms with Gasteiger partial charge in [-0.15, -0.1) is 0 Å². The highest BCUT2D eigenvalue weighted by atomic mass is 31.2. The summed E-state index contributed by atoms with van der Waals surface area (Å²) in [7, 11) is -3.12. The first-order valence-corrected chi connectivity index (χ1v) is 13.3. The Balaban J connectivity index is 1.72. The fourth-order valence-electron chi connectivity index (χ4n) is 3.73. The topological polar surface area (TPSA) is 35.5 Å². The van der Waals surface area contributed by atoms with Crippen LogP contribution in [0.4, 0.5) is 0 Å². The predicted molar refractivity (Wildman–Crippen MR) is 125 cm³/mol. The molecule has 1 atom stereocenters. The molecule has 0 bridgehead atoms. The summed E-state index contributed by atoms with van der Waals surface area (Å²) in [6, 6.07) is 13.9. The number of rotatable bonds is 16. The van der Waals surface area contributed by atoms with Crippen molar-refractivity contribution in [2.45, 2.75) is 84.5 Å². The van der Waals surface area contributed by atoms with Gasteiger partial charge in [0.1, 0.15) is 5.75 Å². The van der Waals surface area contributed by atoms with Gasteiger partial charge < -0.3 is 9.05 Å². The molecule has 2 aromatic carbocycles. The van der Waals surface area contributed by atoms with Crippen LogP contribution in [-0.2, 0) is 9.09 Å². The van der Waals surface area contributed by atoms with Gasteiger partial charge in [-0.2, -0.15) is 0 Å². The zero-order valence-corrected chi connectivity index (χ0v) is 19.3. The van der Waals surface area contributed by atoms with Crippen LogP contribution in [0.15, 0.2) is 42.5 Å². The van der Waals surface area contributed by atoms with Crippen molar-refractivity contribution in [3.8, 4) is 5.75 Å². The second-order valence-electron chi connectivity index (χ2n) is 7.86. The summed E-state index contributed by atoms with van der Waals surface area (Å²) >= 11 is 0. The predicted octanol–water partition coefficient (Wildman–Crippen LogP) is 8.76. The lowest BCUT2D eigenvalue weighted by molar-refractivity contribution is 0.279. The average Bonchev–Trinajstić information content (AvgIpc) is 2.72. The Kier molecular flexibility index (Phi) is 11.4. The molecule has 2 aromatic rings. The van der Waals surface area contributed by atoms with E-state index in [-0.39, 0.29) is 0 Å². The third-order valence-corrected chi connectivity index (χ3v) is 7.34. The highest BCUT2D eigenvalue weighted by Gasteiger charge is 2.25. The fourth-order valence-corrected chi connectivity index (χ4v) is 5.46. The number of fused-ring (bicyclic) bond motifs is 1. The van der Waals surface area contributed by atoms with Crippen LogP contribution in [0.5, 0.6) is 5.75 Å². The summed E-state index contributed by atoms with van der Waals surface area (Å²) in [5.41, 5.74) is 0. The van der Waals surface area contributed by atoms with Crippen LogP contribution in [0, 0.1) is 0 Å². The van der Waals surface area contributed by atoms with Gasteiger partial charge in [0.2, 0.25) is 0 Å². The fraction of sp³-hybridized carbons (Fsp3) is 0.600. The van der Waals surface area contributed by atoms with Crippen LogP contribution >= 0.6 is 7.60 Å². The van der Waals surface area contributed by atoms with Crippen LogP contribution in [0.25, 0.3) is 10.8 Å². The van der Waals surface area contributed by atoms with E-state index in [1.54, 1.807) is 0 Å². The molecule has 0 aliphatic heterocycles. The summed E-state index contributed by atoms with van der Waals surface area (Å²) in [6.07, 6.45) is 14.5. The van der Waals surface area contributed by atoms with Crippen LogP contribution in [-0.4, -0.2) is 12.8 Å². The molecular formula is C25H39O3P. The van der Waals surface area contributed by atoms with Crippen LogP contribution in [0.1, 0.15) is 84.5 Å². The quantitative estimate of drug-likeness (QED) is 0.202. The van der Waals surface area contributed by atoms with Crippen molar-refractivity contribution < 1.29 is 13.6 Å². The molecule has 162 valence electrons. The molecule has 0 aliphatic rings. The third-order valence-electron chi connectivity index (χ3n) is 5.35. The average molecular weight is 419 g/mol. The molecule has 0 fully saturated rings. The molecule has 3 nitrogen and oxygen atoms in total. The van der Waals surface area contributed by atoms with Gasteiger partial charge >= 0.3 is 7.60 Å². The van der Waals surface area contributed by atoms with Crippen molar-refractivity contribution in [1.29, 1.82) is 0 Å². The molecule has 0 aromatic heterocycles. The standard InChI is InChI=1S/C25H39O3P/c1-3-5-6-7-8-9-10-11-12-13-16-22-29(26,27-4-2)28-25-21-17-19-23-18-14-15-20-24(23)25/h14-15,17-21H,3-13,16,22H2,1-2H3. The normalized spacial score (nSPS) is 13.4. The van der Waals surface area contributed by atoms with Crippen molar-refractivity contribution in [1.82, 2.24) is 0 Å². The monoisotopic (exact) mass is 418 g/mol. The molecule has 0 aliphatic carbocycles. The van der Waals surface area contributed by atoms with Crippen molar-refractivity contribution in [2.24, 2.45) is 0 Å². The zero-order valence-electron chi connectivity index (χ0n) is 18.4. The summed E-state index contributed by atoms with van der Waals surface area (Å²) in [6.45, 7) is 4.54. The maximum atomic E-state index is 13.2. The second kappa shape index (κ2) is 13.8. The van der Waals surface area contributed by atoms with E-state index in [0.717, 1.165) is 23.6 Å². The first-order valence-electron chi connectivity index (χ1n) is 11.6. The third kappa shape index (κ3) is 8.93. The van der Waals surface area contributed by atoms with Crippen molar-refractivity contribution in [3.63, 3.8) is 0 Å². The first kappa shape index (κ1) is 24.0. The van der Waals surface area contributed by atoms with Crippen molar-refractivity contribution >= 4 is 18.4 Å². The molecule has 2 rings (SSSR count). The molecule has 0 saturated heterocycles. The molecule has 0 spiro atoms. The van der Waals surface area contributed by atoms with Crippen LogP contribution in [0.3, 0.4) is 0 Å². The number of hydrogen-bond acceptors (Lipinski definition) is 3. The van der Waals surface area contributed by atoms with Crippen LogP contribution < -0.4 is 4.52 Å². The lowest BCUT2D eigenvalue weighted by Crippen LogP contribution is -2.03. The van der Waals surface area contributed by atoms with Gasteiger partial charge in [0.15, 0.2) is 0 Å². The Hall–Kier alpha value is -1.31. The lowest BCUT2D eigenvalue weighted by Gasteiger charge is -2.19. The molecular weight excluding hydrogens is 379 g/mol.